The van der Waals surface area contributed by atoms with Crippen LogP contribution < -0.4 is 11.5 Å². The summed E-state index contributed by atoms with van der Waals surface area (Å²) in [5, 5.41) is 0. The third kappa shape index (κ3) is 2.38. The molecule has 0 saturated heterocycles. The van der Waals surface area contributed by atoms with E-state index in [0.717, 1.165) is 12.1 Å². The maximum absolute atomic E-state index is 6.18. The van der Waals surface area contributed by atoms with Crippen LogP contribution in [0, 0.1) is 12.8 Å². The molecule has 2 unspecified atom stereocenters. The van der Waals surface area contributed by atoms with Crippen molar-refractivity contribution in [3.8, 4) is 0 Å². The van der Waals surface area contributed by atoms with Crippen molar-refractivity contribution in [3.05, 3.63) is 29.3 Å². The van der Waals surface area contributed by atoms with Crippen LogP contribution in [0.4, 0.5) is 5.69 Å². The molecule has 0 radical (unpaired) electrons. The minimum Gasteiger partial charge on any atom is -0.399 e. The average Bonchev–Trinajstić information content (AvgIpc) is 2.28. The SMILES string of the molecule is Cc1c(N)cccc1CC1CCCCC1N. The van der Waals surface area contributed by atoms with Crippen LogP contribution >= 0.6 is 0 Å². The molecule has 4 N–H and O–H groups in total. The van der Waals surface area contributed by atoms with Crippen molar-refractivity contribution < 1.29 is 0 Å². The second kappa shape index (κ2) is 4.88. The Kier molecular flexibility index (Phi) is 3.49. The van der Waals surface area contributed by atoms with Gasteiger partial charge in [-0.05, 0) is 49.3 Å². The van der Waals surface area contributed by atoms with Gasteiger partial charge in [0, 0.05) is 11.7 Å². The molecule has 1 aliphatic rings. The average molecular weight is 218 g/mol. The van der Waals surface area contributed by atoms with E-state index in [1.165, 1.54) is 36.8 Å². The molecule has 0 aromatic heterocycles. The molecule has 1 aliphatic carbocycles. The molecule has 2 nitrogen and oxygen atoms in total. The lowest BCUT2D eigenvalue weighted by atomic mass is 9.80. The lowest BCUT2D eigenvalue weighted by Gasteiger charge is -2.29. The zero-order valence-corrected chi connectivity index (χ0v) is 10.1. The quantitative estimate of drug-likeness (QED) is 0.750. The predicted octanol–water partition coefficient (Wildman–Crippen LogP) is 2.64. The smallest absolute Gasteiger partial charge is 0.0346 e. The van der Waals surface area contributed by atoms with Crippen LogP contribution in [-0.4, -0.2) is 6.04 Å². The number of benzene rings is 1. The Morgan fingerprint density at radius 3 is 2.75 bits per heavy atom. The molecule has 0 bridgehead atoms. The normalized spacial score (nSPS) is 25.6. The monoisotopic (exact) mass is 218 g/mol. The summed E-state index contributed by atoms with van der Waals surface area (Å²) in [5.41, 5.74) is 15.6. The van der Waals surface area contributed by atoms with Gasteiger partial charge in [-0.25, -0.2) is 0 Å². The van der Waals surface area contributed by atoms with Gasteiger partial charge < -0.3 is 11.5 Å². The van der Waals surface area contributed by atoms with Gasteiger partial charge in [-0.3, -0.25) is 0 Å². The van der Waals surface area contributed by atoms with Gasteiger partial charge in [-0.15, -0.1) is 0 Å². The summed E-state index contributed by atoms with van der Waals surface area (Å²) in [7, 11) is 0. The first-order valence-electron chi connectivity index (χ1n) is 6.28. The summed E-state index contributed by atoms with van der Waals surface area (Å²) in [6.45, 7) is 2.11. The molecular formula is C14H22N2. The molecular weight excluding hydrogens is 196 g/mol. The molecule has 2 atom stereocenters. The molecule has 1 aromatic rings. The van der Waals surface area contributed by atoms with Gasteiger partial charge in [0.2, 0.25) is 0 Å². The topological polar surface area (TPSA) is 52.0 Å². The van der Waals surface area contributed by atoms with Gasteiger partial charge in [0.05, 0.1) is 0 Å². The highest BCUT2D eigenvalue weighted by Gasteiger charge is 2.22. The molecule has 1 saturated carbocycles. The summed E-state index contributed by atoms with van der Waals surface area (Å²) in [6.07, 6.45) is 6.19. The van der Waals surface area contributed by atoms with Gasteiger partial charge in [0.1, 0.15) is 0 Å². The highest BCUT2D eigenvalue weighted by Crippen LogP contribution is 2.28. The fraction of sp³-hybridized carbons (Fsp3) is 0.571. The molecule has 0 spiro atoms. The van der Waals surface area contributed by atoms with Crippen molar-refractivity contribution in [2.75, 3.05) is 5.73 Å². The molecule has 2 rings (SSSR count). The predicted molar refractivity (Wildman–Crippen MR) is 69.2 cm³/mol. The Hall–Kier alpha value is -1.02. The number of nitrogens with two attached hydrogens (primary N) is 2. The van der Waals surface area contributed by atoms with E-state index < -0.39 is 0 Å². The molecule has 1 fully saturated rings. The maximum atomic E-state index is 6.18. The van der Waals surface area contributed by atoms with E-state index in [4.69, 9.17) is 11.5 Å². The van der Waals surface area contributed by atoms with Crippen LogP contribution in [0.15, 0.2) is 18.2 Å². The highest BCUT2D eigenvalue weighted by atomic mass is 14.7. The van der Waals surface area contributed by atoms with Gasteiger partial charge in [0.25, 0.3) is 0 Å². The van der Waals surface area contributed by atoms with E-state index in [1.807, 2.05) is 12.1 Å². The second-order valence-electron chi connectivity index (χ2n) is 5.04. The van der Waals surface area contributed by atoms with Gasteiger partial charge >= 0.3 is 0 Å². The second-order valence-corrected chi connectivity index (χ2v) is 5.04. The fourth-order valence-electron chi connectivity index (χ4n) is 2.70. The van der Waals surface area contributed by atoms with Crippen LogP contribution in [-0.2, 0) is 6.42 Å². The standard InChI is InChI=1S/C14H22N2/c1-10-11(6-4-8-13(10)15)9-12-5-2-3-7-14(12)16/h4,6,8,12,14H,2-3,5,7,9,15-16H2,1H3. The summed E-state index contributed by atoms with van der Waals surface area (Å²) in [5.74, 6) is 0.647. The van der Waals surface area contributed by atoms with Crippen LogP contribution in [0.1, 0.15) is 36.8 Å². The lowest BCUT2D eigenvalue weighted by Crippen LogP contribution is -2.34. The van der Waals surface area contributed by atoms with Crippen LogP contribution in [0.3, 0.4) is 0 Å². The number of hydrogen-bond acceptors (Lipinski definition) is 2. The highest BCUT2D eigenvalue weighted by molar-refractivity contribution is 5.50. The molecule has 2 heteroatoms. The first-order chi connectivity index (χ1) is 7.68. The minimum atomic E-state index is 0.384. The zero-order valence-electron chi connectivity index (χ0n) is 10.1. The van der Waals surface area contributed by atoms with Crippen molar-refractivity contribution >= 4 is 5.69 Å². The summed E-state index contributed by atoms with van der Waals surface area (Å²) in [6, 6.07) is 6.59. The van der Waals surface area contributed by atoms with Gasteiger partial charge in [-0.2, -0.15) is 0 Å². The van der Waals surface area contributed by atoms with E-state index in [-0.39, 0.29) is 0 Å². The number of rotatable bonds is 2. The summed E-state index contributed by atoms with van der Waals surface area (Å²) in [4.78, 5) is 0. The molecule has 1 aromatic carbocycles. The number of hydrogen-bond donors (Lipinski definition) is 2. The third-order valence-electron chi connectivity index (χ3n) is 3.94. The largest absolute Gasteiger partial charge is 0.399 e. The maximum Gasteiger partial charge on any atom is 0.0346 e. The van der Waals surface area contributed by atoms with Gasteiger partial charge in [-0.1, -0.05) is 25.0 Å². The summed E-state index contributed by atoms with van der Waals surface area (Å²) >= 11 is 0. The van der Waals surface area contributed by atoms with Gasteiger partial charge in [0.15, 0.2) is 0 Å². The number of nitrogen functional groups attached to an aromatic ring is 1. The molecule has 88 valence electrons. The Bertz CT molecular complexity index is 360. The summed E-state index contributed by atoms with van der Waals surface area (Å²) < 4.78 is 0. The molecule has 16 heavy (non-hydrogen) atoms. The van der Waals surface area contributed by atoms with Crippen molar-refractivity contribution in [1.29, 1.82) is 0 Å². The Balaban J connectivity index is 2.10. The Morgan fingerprint density at radius 2 is 2.00 bits per heavy atom. The van der Waals surface area contributed by atoms with Crippen molar-refractivity contribution in [3.63, 3.8) is 0 Å². The van der Waals surface area contributed by atoms with E-state index in [0.29, 0.717) is 12.0 Å². The first-order valence-corrected chi connectivity index (χ1v) is 6.28. The third-order valence-corrected chi connectivity index (χ3v) is 3.94. The van der Waals surface area contributed by atoms with E-state index in [1.54, 1.807) is 0 Å². The van der Waals surface area contributed by atoms with E-state index >= 15 is 0 Å². The molecule has 0 heterocycles. The minimum absolute atomic E-state index is 0.384. The Labute approximate surface area is 98.0 Å². The van der Waals surface area contributed by atoms with E-state index in [9.17, 15) is 0 Å². The molecule has 0 aliphatic heterocycles. The Morgan fingerprint density at radius 1 is 1.25 bits per heavy atom. The fourth-order valence-corrected chi connectivity index (χ4v) is 2.70. The zero-order chi connectivity index (χ0) is 11.5. The van der Waals surface area contributed by atoms with Crippen molar-refractivity contribution in [1.82, 2.24) is 0 Å². The number of anilines is 1. The van der Waals surface area contributed by atoms with Crippen molar-refractivity contribution in [2.24, 2.45) is 11.7 Å². The lowest BCUT2D eigenvalue weighted by molar-refractivity contribution is 0.306. The first kappa shape index (κ1) is 11.5. The van der Waals surface area contributed by atoms with Crippen LogP contribution in [0.25, 0.3) is 0 Å². The van der Waals surface area contributed by atoms with Crippen LogP contribution in [0.5, 0.6) is 0 Å². The van der Waals surface area contributed by atoms with E-state index in [2.05, 4.69) is 13.0 Å². The molecule has 0 amide bonds. The van der Waals surface area contributed by atoms with Crippen LogP contribution in [0.2, 0.25) is 0 Å². The van der Waals surface area contributed by atoms with Crippen molar-refractivity contribution in [2.45, 2.75) is 45.1 Å².